The quantitative estimate of drug-likeness (QED) is 0.363. The summed E-state index contributed by atoms with van der Waals surface area (Å²) >= 11 is 3.26. The van der Waals surface area contributed by atoms with Gasteiger partial charge in [0.15, 0.2) is 0 Å². The van der Waals surface area contributed by atoms with Gasteiger partial charge in [0.1, 0.15) is 10.9 Å². The summed E-state index contributed by atoms with van der Waals surface area (Å²) in [6, 6.07) is 0. The zero-order valence-electron chi connectivity index (χ0n) is 12.1. The average Bonchev–Trinajstić information content (AvgIpc) is 2.75. The zero-order valence-corrected chi connectivity index (χ0v) is 13.7. The number of carbonyl (C=O) groups is 2. The number of halogens is 1. The van der Waals surface area contributed by atoms with Crippen LogP contribution in [-0.2, 0) is 23.8 Å². The van der Waals surface area contributed by atoms with Gasteiger partial charge in [-0.3, -0.25) is 9.59 Å². The van der Waals surface area contributed by atoms with E-state index in [2.05, 4.69) is 22.9 Å². The molecule has 1 aliphatic rings. The van der Waals surface area contributed by atoms with Crippen molar-refractivity contribution in [3.8, 4) is 0 Å². The first-order chi connectivity index (χ1) is 9.58. The topological polar surface area (TPSA) is 61.8 Å². The summed E-state index contributed by atoms with van der Waals surface area (Å²) in [5.41, 5.74) is 0. The van der Waals surface area contributed by atoms with Crippen molar-refractivity contribution in [1.82, 2.24) is 0 Å². The largest absolute Gasteiger partial charge is 0.465 e. The minimum Gasteiger partial charge on any atom is -0.465 e. The van der Waals surface area contributed by atoms with Crippen molar-refractivity contribution in [2.75, 3.05) is 19.8 Å². The molecule has 0 amide bonds. The molecule has 6 heteroatoms. The van der Waals surface area contributed by atoms with Gasteiger partial charge in [0.25, 0.3) is 0 Å². The Balaban J connectivity index is 2.30. The van der Waals surface area contributed by atoms with Crippen LogP contribution in [0.1, 0.15) is 39.5 Å². The molecule has 0 aliphatic carbocycles. The van der Waals surface area contributed by atoms with Gasteiger partial charge in [-0.05, 0) is 26.2 Å². The third-order valence-electron chi connectivity index (χ3n) is 3.14. The normalized spacial score (nSPS) is 23.4. The molecule has 0 N–H and O–H groups in total. The highest BCUT2D eigenvalue weighted by Gasteiger charge is 2.37. The fraction of sp³-hybridized carbons (Fsp3) is 0.857. The summed E-state index contributed by atoms with van der Waals surface area (Å²) in [4.78, 5) is 22.8. The van der Waals surface area contributed by atoms with Crippen molar-refractivity contribution in [2.45, 2.75) is 50.5 Å². The zero-order chi connectivity index (χ0) is 15.0. The van der Waals surface area contributed by atoms with Gasteiger partial charge in [0.05, 0.1) is 19.1 Å². The average molecular weight is 351 g/mol. The number of unbranched alkanes of at least 4 members (excludes halogenated alkanes) is 1. The molecule has 0 bridgehead atoms. The standard InChI is InChI=1S/C14H23BrO5/c1-3-5-6-18-9-11-7-10(13(16)20-11)8-12(15)14(17)19-4-2/h10-12H,3-9H2,1-2H3. The maximum absolute atomic E-state index is 11.7. The Hall–Kier alpha value is -0.620. The van der Waals surface area contributed by atoms with E-state index in [1.807, 2.05) is 0 Å². The maximum Gasteiger partial charge on any atom is 0.319 e. The monoisotopic (exact) mass is 350 g/mol. The number of carbonyl (C=O) groups excluding carboxylic acids is 2. The SMILES string of the molecule is CCCCOCC1CC(CC(Br)C(=O)OCC)C(=O)O1. The number of ether oxygens (including phenoxy) is 3. The van der Waals surface area contributed by atoms with Crippen LogP contribution in [0, 0.1) is 5.92 Å². The van der Waals surface area contributed by atoms with Gasteiger partial charge in [0.2, 0.25) is 0 Å². The van der Waals surface area contributed by atoms with Crippen LogP contribution in [-0.4, -0.2) is 42.7 Å². The molecule has 0 saturated carbocycles. The first kappa shape index (κ1) is 17.4. The van der Waals surface area contributed by atoms with Gasteiger partial charge in [0, 0.05) is 6.61 Å². The second-order valence-electron chi connectivity index (χ2n) is 4.88. The Bertz CT molecular complexity index is 321. The van der Waals surface area contributed by atoms with E-state index in [0.29, 0.717) is 32.7 Å². The lowest BCUT2D eigenvalue weighted by Crippen LogP contribution is -2.22. The van der Waals surface area contributed by atoms with Crippen molar-refractivity contribution in [1.29, 1.82) is 0 Å². The summed E-state index contributed by atoms with van der Waals surface area (Å²) < 4.78 is 15.6. The van der Waals surface area contributed by atoms with Crippen molar-refractivity contribution in [3.05, 3.63) is 0 Å². The fourth-order valence-electron chi connectivity index (χ4n) is 2.06. The van der Waals surface area contributed by atoms with E-state index in [0.717, 1.165) is 12.8 Å². The summed E-state index contributed by atoms with van der Waals surface area (Å²) in [5.74, 6) is -0.839. The predicted octanol–water partition coefficient (Wildman–Crippen LogP) is 2.45. The molecule has 3 unspecified atom stereocenters. The van der Waals surface area contributed by atoms with Crippen LogP contribution in [0.15, 0.2) is 0 Å². The summed E-state index contributed by atoms with van der Waals surface area (Å²) in [6.07, 6.45) is 2.91. The first-order valence-electron chi connectivity index (χ1n) is 7.17. The minimum atomic E-state index is -0.459. The highest BCUT2D eigenvalue weighted by molar-refractivity contribution is 9.10. The Morgan fingerprint density at radius 3 is 2.90 bits per heavy atom. The second-order valence-corrected chi connectivity index (χ2v) is 5.98. The molecular weight excluding hydrogens is 328 g/mol. The summed E-state index contributed by atoms with van der Waals surface area (Å²) in [7, 11) is 0. The molecule has 1 fully saturated rings. The molecular formula is C14H23BrO5. The molecule has 0 spiro atoms. The van der Waals surface area contributed by atoms with Gasteiger partial charge >= 0.3 is 11.9 Å². The Labute approximate surface area is 128 Å². The lowest BCUT2D eigenvalue weighted by Gasteiger charge is -2.11. The molecule has 116 valence electrons. The molecule has 1 aliphatic heterocycles. The van der Waals surface area contributed by atoms with Gasteiger partial charge in [-0.25, -0.2) is 0 Å². The molecule has 0 aromatic rings. The van der Waals surface area contributed by atoms with Crippen LogP contribution in [0.4, 0.5) is 0 Å². The number of hydrogen-bond acceptors (Lipinski definition) is 5. The lowest BCUT2D eigenvalue weighted by molar-refractivity contribution is -0.146. The van der Waals surface area contributed by atoms with E-state index in [4.69, 9.17) is 14.2 Å². The number of esters is 2. The highest BCUT2D eigenvalue weighted by Crippen LogP contribution is 2.28. The lowest BCUT2D eigenvalue weighted by atomic mass is 9.99. The van der Waals surface area contributed by atoms with Crippen LogP contribution < -0.4 is 0 Å². The van der Waals surface area contributed by atoms with Gasteiger partial charge in [-0.2, -0.15) is 0 Å². The Kier molecular flexibility index (Phi) is 8.14. The van der Waals surface area contributed by atoms with Crippen molar-refractivity contribution in [2.24, 2.45) is 5.92 Å². The van der Waals surface area contributed by atoms with E-state index in [-0.39, 0.29) is 24.0 Å². The minimum absolute atomic E-state index is 0.189. The van der Waals surface area contributed by atoms with Crippen LogP contribution in [0.2, 0.25) is 0 Å². The van der Waals surface area contributed by atoms with Gasteiger partial charge in [-0.15, -0.1) is 0 Å². The van der Waals surface area contributed by atoms with E-state index < -0.39 is 4.83 Å². The van der Waals surface area contributed by atoms with E-state index in [1.54, 1.807) is 6.92 Å². The predicted molar refractivity (Wildman–Crippen MR) is 77.7 cm³/mol. The molecule has 1 heterocycles. The van der Waals surface area contributed by atoms with Crippen LogP contribution in [0.3, 0.4) is 0 Å². The van der Waals surface area contributed by atoms with Gasteiger partial charge in [-0.1, -0.05) is 29.3 Å². The van der Waals surface area contributed by atoms with Crippen molar-refractivity contribution < 1.29 is 23.8 Å². The summed E-state index contributed by atoms with van der Waals surface area (Å²) in [6.45, 7) is 5.32. The first-order valence-corrected chi connectivity index (χ1v) is 8.08. The smallest absolute Gasteiger partial charge is 0.319 e. The number of alkyl halides is 1. The van der Waals surface area contributed by atoms with Gasteiger partial charge < -0.3 is 14.2 Å². The molecule has 5 nitrogen and oxygen atoms in total. The van der Waals surface area contributed by atoms with E-state index in [9.17, 15) is 9.59 Å². The summed E-state index contributed by atoms with van der Waals surface area (Å²) in [5, 5.41) is 0. The molecule has 0 aromatic carbocycles. The molecule has 3 atom stereocenters. The third-order valence-corrected chi connectivity index (χ3v) is 3.89. The molecule has 1 rings (SSSR count). The number of hydrogen-bond donors (Lipinski definition) is 0. The van der Waals surface area contributed by atoms with E-state index >= 15 is 0 Å². The van der Waals surface area contributed by atoms with Crippen molar-refractivity contribution >= 4 is 27.9 Å². The maximum atomic E-state index is 11.7. The van der Waals surface area contributed by atoms with Crippen LogP contribution in [0.5, 0.6) is 0 Å². The third kappa shape index (κ3) is 5.79. The van der Waals surface area contributed by atoms with Crippen molar-refractivity contribution in [3.63, 3.8) is 0 Å². The Morgan fingerprint density at radius 1 is 1.50 bits per heavy atom. The second kappa shape index (κ2) is 9.34. The van der Waals surface area contributed by atoms with Crippen LogP contribution in [0.25, 0.3) is 0 Å². The highest BCUT2D eigenvalue weighted by atomic mass is 79.9. The van der Waals surface area contributed by atoms with E-state index in [1.165, 1.54) is 0 Å². The molecule has 0 aromatic heterocycles. The van der Waals surface area contributed by atoms with Crippen LogP contribution >= 0.6 is 15.9 Å². The number of cyclic esters (lactones) is 1. The number of rotatable bonds is 9. The molecule has 0 radical (unpaired) electrons. The fourth-order valence-corrected chi connectivity index (χ4v) is 2.64. The Morgan fingerprint density at radius 2 is 2.25 bits per heavy atom. The molecule has 1 saturated heterocycles. The molecule has 20 heavy (non-hydrogen) atoms.